The fourth-order valence-electron chi connectivity index (χ4n) is 0.988. The molecule has 0 aromatic rings. The zero-order valence-electron chi connectivity index (χ0n) is 10.1. The van der Waals surface area contributed by atoms with Crippen LogP contribution in [0.3, 0.4) is 0 Å². The second kappa shape index (κ2) is 9.11. The predicted molar refractivity (Wildman–Crippen MR) is 59.0 cm³/mol. The minimum absolute atomic E-state index is 0.208. The van der Waals surface area contributed by atoms with Crippen LogP contribution in [0, 0.1) is 0 Å². The SMILES string of the molecule is CCOC(=O)C(=O)NCCN(C)CCOC. The molecule has 6 nitrogen and oxygen atoms in total. The molecule has 0 aliphatic heterocycles. The monoisotopic (exact) mass is 232 g/mol. The minimum Gasteiger partial charge on any atom is -0.459 e. The van der Waals surface area contributed by atoms with Gasteiger partial charge < -0.3 is 19.7 Å². The fraction of sp³-hybridized carbons (Fsp3) is 0.800. The topological polar surface area (TPSA) is 67.9 Å². The van der Waals surface area contributed by atoms with E-state index in [0.29, 0.717) is 19.7 Å². The van der Waals surface area contributed by atoms with Crippen LogP contribution in [0.1, 0.15) is 6.92 Å². The van der Waals surface area contributed by atoms with Gasteiger partial charge in [0.25, 0.3) is 0 Å². The lowest BCUT2D eigenvalue weighted by Crippen LogP contribution is -2.38. The fourth-order valence-corrected chi connectivity index (χ4v) is 0.988. The Morgan fingerprint density at radius 1 is 1.31 bits per heavy atom. The van der Waals surface area contributed by atoms with Crippen molar-refractivity contribution in [2.45, 2.75) is 6.92 Å². The van der Waals surface area contributed by atoms with Crippen molar-refractivity contribution in [3.8, 4) is 0 Å². The summed E-state index contributed by atoms with van der Waals surface area (Å²) in [5, 5.41) is 2.48. The molecule has 0 saturated heterocycles. The highest BCUT2D eigenvalue weighted by atomic mass is 16.5. The molecule has 0 unspecified atom stereocenters. The predicted octanol–water partition coefficient (Wildman–Crippen LogP) is -0.756. The Morgan fingerprint density at radius 2 is 2.00 bits per heavy atom. The highest BCUT2D eigenvalue weighted by molar-refractivity contribution is 6.32. The van der Waals surface area contributed by atoms with Crippen molar-refractivity contribution in [3.05, 3.63) is 0 Å². The lowest BCUT2D eigenvalue weighted by Gasteiger charge is -2.15. The number of rotatable bonds is 7. The van der Waals surface area contributed by atoms with Crippen LogP contribution in [0.25, 0.3) is 0 Å². The highest BCUT2D eigenvalue weighted by Crippen LogP contribution is 1.82. The van der Waals surface area contributed by atoms with Crippen LogP contribution in [-0.2, 0) is 19.1 Å². The molecular weight excluding hydrogens is 212 g/mol. The summed E-state index contributed by atoms with van der Waals surface area (Å²) >= 11 is 0. The van der Waals surface area contributed by atoms with Gasteiger partial charge in [0.15, 0.2) is 0 Å². The van der Waals surface area contributed by atoms with E-state index in [2.05, 4.69) is 10.1 Å². The normalized spacial score (nSPS) is 10.2. The Bertz CT molecular complexity index is 221. The molecule has 6 heteroatoms. The van der Waals surface area contributed by atoms with E-state index in [9.17, 15) is 9.59 Å². The molecule has 0 atom stereocenters. The smallest absolute Gasteiger partial charge is 0.396 e. The third kappa shape index (κ3) is 7.19. The number of ether oxygens (including phenoxy) is 2. The molecule has 0 aromatic carbocycles. The van der Waals surface area contributed by atoms with Gasteiger partial charge in [-0.25, -0.2) is 4.79 Å². The van der Waals surface area contributed by atoms with Crippen molar-refractivity contribution in [1.29, 1.82) is 0 Å². The quantitative estimate of drug-likeness (QED) is 0.462. The molecule has 0 saturated carbocycles. The van der Waals surface area contributed by atoms with Crippen molar-refractivity contribution < 1.29 is 19.1 Å². The van der Waals surface area contributed by atoms with Crippen LogP contribution in [0.4, 0.5) is 0 Å². The van der Waals surface area contributed by atoms with Gasteiger partial charge in [0, 0.05) is 26.7 Å². The molecule has 0 aliphatic carbocycles. The first kappa shape index (κ1) is 14.9. The third-order valence-electron chi connectivity index (χ3n) is 1.92. The van der Waals surface area contributed by atoms with Gasteiger partial charge in [0.1, 0.15) is 0 Å². The zero-order chi connectivity index (χ0) is 12.4. The maximum absolute atomic E-state index is 11.1. The Hall–Kier alpha value is -1.14. The lowest BCUT2D eigenvalue weighted by atomic mass is 10.5. The molecule has 94 valence electrons. The highest BCUT2D eigenvalue weighted by Gasteiger charge is 2.13. The summed E-state index contributed by atoms with van der Waals surface area (Å²) in [4.78, 5) is 24.0. The largest absolute Gasteiger partial charge is 0.459 e. The summed E-state index contributed by atoms with van der Waals surface area (Å²) in [6.45, 7) is 4.37. The molecule has 0 spiro atoms. The number of likely N-dealkylation sites (N-methyl/N-ethyl adjacent to an activating group) is 1. The number of amides is 1. The zero-order valence-corrected chi connectivity index (χ0v) is 10.1. The number of nitrogens with zero attached hydrogens (tertiary/aromatic N) is 1. The lowest BCUT2D eigenvalue weighted by molar-refractivity contribution is -0.154. The van der Waals surface area contributed by atoms with E-state index in [1.165, 1.54) is 0 Å². The Morgan fingerprint density at radius 3 is 2.56 bits per heavy atom. The van der Waals surface area contributed by atoms with Crippen molar-refractivity contribution >= 4 is 11.9 Å². The number of methoxy groups -OCH3 is 1. The van der Waals surface area contributed by atoms with E-state index in [1.807, 2.05) is 11.9 Å². The van der Waals surface area contributed by atoms with Gasteiger partial charge in [-0.05, 0) is 14.0 Å². The Labute approximate surface area is 95.9 Å². The van der Waals surface area contributed by atoms with Crippen LogP contribution in [0.15, 0.2) is 0 Å². The van der Waals surface area contributed by atoms with Gasteiger partial charge in [-0.1, -0.05) is 0 Å². The van der Waals surface area contributed by atoms with Crippen LogP contribution < -0.4 is 5.32 Å². The van der Waals surface area contributed by atoms with Crippen LogP contribution >= 0.6 is 0 Å². The van der Waals surface area contributed by atoms with Crippen molar-refractivity contribution in [2.75, 3.05) is 47.0 Å². The van der Waals surface area contributed by atoms with E-state index in [4.69, 9.17) is 4.74 Å². The average Bonchev–Trinajstić information content (AvgIpc) is 2.26. The number of nitrogens with one attached hydrogen (secondary N) is 1. The van der Waals surface area contributed by atoms with Gasteiger partial charge in [-0.3, -0.25) is 4.79 Å². The molecular formula is C10H20N2O4. The summed E-state index contributed by atoms with van der Waals surface area (Å²) < 4.78 is 9.45. The molecule has 0 bridgehead atoms. The standard InChI is InChI=1S/C10H20N2O4/c1-4-16-10(14)9(13)11-5-6-12(2)7-8-15-3/h4-8H2,1-3H3,(H,11,13). The van der Waals surface area contributed by atoms with Crippen LogP contribution in [-0.4, -0.2) is 63.8 Å². The van der Waals surface area contributed by atoms with Crippen LogP contribution in [0.5, 0.6) is 0 Å². The second-order valence-corrected chi connectivity index (χ2v) is 3.27. The molecule has 1 N–H and O–H groups in total. The number of carbonyl (C=O) groups is 2. The van der Waals surface area contributed by atoms with Crippen molar-refractivity contribution in [3.63, 3.8) is 0 Å². The summed E-state index contributed by atoms with van der Waals surface area (Å²) in [7, 11) is 3.55. The van der Waals surface area contributed by atoms with E-state index >= 15 is 0 Å². The van der Waals surface area contributed by atoms with Gasteiger partial charge in [0.05, 0.1) is 13.2 Å². The third-order valence-corrected chi connectivity index (χ3v) is 1.92. The average molecular weight is 232 g/mol. The van der Waals surface area contributed by atoms with E-state index < -0.39 is 11.9 Å². The van der Waals surface area contributed by atoms with Crippen molar-refractivity contribution in [1.82, 2.24) is 10.2 Å². The van der Waals surface area contributed by atoms with E-state index in [1.54, 1.807) is 14.0 Å². The number of esters is 1. The first-order chi connectivity index (χ1) is 7.61. The molecule has 0 heterocycles. The number of hydrogen-bond donors (Lipinski definition) is 1. The van der Waals surface area contributed by atoms with Crippen molar-refractivity contribution in [2.24, 2.45) is 0 Å². The number of hydrogen-bond acceptors (Lipinski definition) is 5. The van der Waals surface area contributed by atoms with Crippen LogP contribution in [0.2, 0.25) is 0 Å². The van der Waals surface area contributed by atoms with Gasteiger partial charge in [0.2, 0.25) is 0 Å². The molecule has 0 rings (SSSR count). The molecule has 0 aromatic heterocycles. The maximum Gasteiger partial charge on any atom is 0.396 e. The molecule has 0 radical (unpaired) electrons. The molecule has 1 amide bonds. The first-order valence-electron chi connectivity index (χ1n) is 5.24. The summed E-state index contributed by atoms with van der Waals surface area (Å²) in [5.41, 5.74) is 0. The molecule has 0 aliphatic rings. The first-order valence-corrected chi connectivity index (χ1v) is 5.24. The van der Waals surface area contributed by atoms with Gasteiger partial charge in [-0.15, -0.1) is 0 Å². The maximum atomic E-state index is 11.1. The minimum atomic E-state index is -0.831. The summed E-state index contributed by atoms with van der Waals surface area (Å²) in [5.74, 6) is -1.52. The Balaban J connectivity index is 3.57. The van der Waals surface area contributed by atoms with Gasteiger partial charge in [-0.2, -0.15) is 0 Å². The second-order valence-electron chi connectivity index (χ2n) is 3.27. The molecule has 0 fully saturated rings. The van der Waals surface area contributed by atoms with Gasteiger partial charge >= 0.3 is 11.9 Å². The Kier molecular flexibility index (Phi) is 8.46. The van der Waals surface area contributed by atoms with E-state index in [-0.39, 0.29) is 6.61 Å². The number of carbonyl (C=O) groups excluding carboxylic acids is 2. The molecule has 16 heavy (non-hydrogen) atoms. The van der Waals surface area contributed by atoms with E-state index in [0.717, 1.165) is 6.54 Å². The summed E-state index contributed by atoms with van der Waals surface area (Å²) in [6, 6.07) is 0. The summed E-state index contributed by atoms with van der Waals surface area (Å²) in [6.07, 6.45) is 0.